The van der Waals surface area contributed by atoms with E-state index in [0.29, 0.717) is 5.39 Å². The van der Waals surface area contributed by atoms with Crippen LogP contribution in [-0.2, 0) is 4.74 Å². The number of hydrogen-bond donors (Lipinski definition) is 2. The van der Waals surface area contributed by atoms with E-state index in [-0.39, 0.29) is 17.9 Å². The van der Waals surface area contributed by atoms with Crippen LogP contribution < -0.4 is 0 Å². The molecular weight excluding hydrogens is 326 g/mol. The van der Waals surface area contributed by atoms with E-state index in [0.717, 1.165) is 27.5 Å². The summed E-state index contributed by atoms with van der Waals surface area (Å²) in [6.45, 7) is 3.64. The molecule has 0 aliphatic carbocycles. The van der Waals surface area contributed by atoms with Crippen LogP contribution in [0.4, 0.5) is 0 Å². The largest absolute Gasteiger partial charge is 0.507 e. The number of carbonyl (C=O) groups excluding carboxylic acids is 1. The molecule has 1 heterocycles. The highest BCUT2D eigenvalue weighted by Crippen LogP contribution is 2.40. The van der Waals surface area contributed by atoms with Crippen molar-refractivity contribution in [3.63, 3.8) is 0 Å². The Bertz CT molecular complexity index is 1130. The predicted octanol–water partition coefficient (Wildman–Crippen LogP) is 5.04. The van der Waals surface area contributed by atoms with Crippen LogP contribution in [-0.4, -0.2) is 22.7 Å². The molecule has 3 aromatic carbocycles. The van der Waals surface area contributed by atoms with Gasteiger partial charge in [0.15, 0.2) is 0 Å². The van der Waals surface area contributed by atoms with Crippen LogP contribution in [0.15, 0.2) is 73.3 Å². The number of H-pyrrole nitrogens is 1. The smallest absolute Gasteiger partial charge is 0.342 e. The van der Waals surface area contributed by atoms with Gasteiger partial charge in [-0.25, -0.2) is 4.79 Å². The molecular formula is C22H17NO3. The van der Waals surface area contributed by atoms with Crippen molar-refractivity contribution >= 4 is 27.8 Å². The van der Waals surface area contributed by atoms with Gasteiger partial charge in [-0.05, 0) is 17.7 Å². The Kier molecular flexibility index (Phi) is 3.93. The number of fused-ring (bicyclic) bond motifs is 3. The number of ether oxygens (including phenoxy) is 1. The van der Waals surface area contributed by atoms with Gasteiger partial charge in [0.25, 0.3) is 0 Å². The van der Waals surface area contributed by atoms with Crippen molar-refractivity contribution < 1.29 is 14.6 Å². The lowest BCUT2D eigenvalue weighted by molar-refractivity contribution is 0.0549. The van der Waals surface area contributed by atoms with Crippen molar-refractivity contribution in [2.75, 3.05) is 6.61 Å². The third-order valence-electron chi connectivity index (χ3n) is 4.38. The number of para-hydroxylation sites is 1. The molecule has 0 spiro atoms. The summed E-state index contributed by atoms with van der Waals surface area (Å²) < 4.78 is 5.20. The molecule has 0 aliphatic rings. The van der Waals surface area contributed by atoms with Crippen LogP contribution in [0.2, 0.25) is 0 Å². The number of esters is 1. The van der Waals surface area contributed by atoms with Crippen LogP contribution in [0, 0.1) is 0 Å². The Morgan fingerprint density at radius 2 is 1.85 bits per heavy atom. The second kappa shape index (κ2) is 6.41. The normalized spacial score (nSPS) is 10.9. The molecule has 4 rings (SSSR count). The van der Waals surface area contributed by atoms with E-state index >= 15 is 0 Å². The lowest BCUT2D eigenvalue weighted by Gasteiger charge is -2.11. The minimum atomic E-state index is -0.572. The topological polar surface area (TPSA) is 62.3 Å². The van der Waals surface area contributed by atoms with Crippen molar-refractivity contribution in [3.8, 4) is 16.9 Å². The zero-order valence-corrected chi connectivity index (χ0v) is 14.0. The molecule has 26 heavy (non-hydrogen) atoms. The van der Waals surface area contributed by atoms with Crippen LogP contribution >= 0.6 is 0 Å². The lowest BCUT2D eigenvalue weighted by atomic mass is 9.97. The van der Waals surface area contributed by atoms with Gasteiger partial charge < -0.3 is 14.8 Å². The first-order chi connectivity index (χ1) is 12.7. The molecule has 0 unspecified atom stereocenters. The van der Waals surface area contributed by atoms with Crippen LogP contribution in [0.3, 0.4) is 0 Å². The predicted molar refractivity (Wildman–Crippen MR) is 103 cm³/mol. The van der Waals surface area contributed by atoms with E-state index in [1.807, 2.05) is 54.6 Å². The summed E-state index contributed by atoms with van der Waals surface area (Å²) >= 11 is 0. The summed E-state index contributed by atoms with van der Waals surface area (Å²) in [7, 11) is 0. The van der Waals surface area contributed by atoms with Crippen molar-refractivity contribution in [1.82, 2.24) is 4.98 Å². The third-order valence-corrected chi connectivity index (χ3v) is 4.38. The zero-order chi connectivity index (χ0) is 18.1. The number of aromatic amines is 1. The molecule has 0 saturated heterocycles. The minimum Gasteiger partial charge on any atom is -0.507 e. The highest BCUT2D eigenvalue weighted by Gasteiger charge is 2.23. The minimum absolute atomic E-state index is 0.0859. The van der Waals surface area contributed by atoms with E-state index in [2.05, 4.69) is 11.6 Å². The maximum Gasteiger partial charge on any atom is 0.342 e. The molecule has 1 aromatic heterocycles. The second-order valence-electron chi connectivity index (χ2n) is 5.99. The summed E-state index contributed by atoms with van der Waals surface area (Å²) in [5.41, 5.74) is 3.63. The number of rotatable bonds is 4. The van der Waals surface area contributed by atoms with Gasteiger partial charge in [-0.3, -0.25) is 0 Å². The van der Waals surface area contributed by atoms with E-state index in [1.54, 1.807) is 6.07 Å². The molecule has 0 bridgehead atoms. The zero-order valence-electron chi connectivity index (χ0n) is 14.0. The average molecular weight is 343 g/mol. The van der Waals surface area contributed by atoms with Gasteiger partial charge in [-0.1, -0.05) is 61.2 Å². The molecule has 0 fully saturated rings. The molecule has 2 N–H and O–H groups in total. The van der Waals surface area contributed by atoms with Crippen molar-refractivity contribution in [2.24, 2.45) is 0 Å². The molecule has 4 nitrogen and oxygen atoms in total. The maximum atomic E-state index is 12.6. The second-order valence-corrected chi connectivity index (χ2v) is 5.99. The van der Waals surface area contributed by atoms with E-state index < -0.39 is 5.97 Å². The molecule has 0 radical (unpaired) electrons. The molecule has 0 aliphatic heterocycles. The lowest BCUT2D eigenvalue weighted by Crippen LogP contribution is -2.06. The first-order valence-electron chi connectivity index (χ1n) is 8.30. The van der Waals surface area contributed by atoms with Gasteiger partial charge in [-0.2, -0.15) is 0 Å². The average Bonchev–Trinajstić information content (AvgIpc) is 3.05. The highest BCUT2D eigenvalue weighted by molar-refractivity contribution is 6.21. The fourth-order valence-electron chi connectivity index (χ4n) is 3.27. The summed E-state index contributed by atoms with van der Waals surface area (Å²) in [5, 5.41) is 12.2. The summed E-state index contributed by atoms with van der Waals surface area (Å²) in [5.74, 6) is -0.674. The van der Waals surface area contributed by atoms with Gasteiger partial charge >= 0.3 is 5.97 Å². The Hall–Kier alpha value is -3.53. The number of aromatic nitrogens is 1. The fourth-order valence-corrected chi connectivity index (χ4v) is 3.27. The Morgan fingerprint density at radius 3 is 2.62 bits per heavy atom. The fraction of sp³-hybridized carbons (Fsp3) is 0.0455. The van der Waals surface area contributed by atoms with Gasteiger partial charge in [0, 0.05) is 21.9 Å². The first-order valence-corrected chi connectivity index (χ1v) is 8.30. The van der Waals surface area contributed by atoms with E-state index in [4.69, 9.17) is 4.74 Å². The number of aromatic hydroxyl groups is 1. The monoisotopic (exact) mass is 343 g/mol. The molecule has 0 atom stereocenters. The van der Waals surface area contributed by atoms with Gasteiger partial charge in [-0.15, -0.1) is 0 Å². The molecule has 4 aromatic rings. The molecule has 4 heteroatoms. The van der Waals surface area contributed by atoms with Crippen LogP contribution in [0.5, 0.6) is 5.75 Å². The standard InChI is InChI=1S/C22H17NO3/c1-2-12-26-22(25)20-18(24)13-16(14-8-4-3-5-9-14)21-19(20)15-10-6-7-11-17(15)23-21/h2-11,13,23-24H,1,12H2. The van der Waals surface area contributed by atoms with Gasteiger partial charge in [0.2, 0.25) is 0 Å². The quantitative estimate of drug-likeness (QED) is 0.403. The maximum absolute atomic E-state index is 12.6. The molecule has 128 valence electrons. The number of benzene rings is 3. The van der Waals surface area contributed by atoms with Crippen molar-refractivity contribution in [1.29, 1.82) is 0 Å². The number of nitrogens with one attached hydrogen (secondary N) is 1. The van der Waals surface area contributed by atoms with Crippen LogP contribution in [0.25, 0.3) is 32.9 Å². The summed E-state index contributed by atoms with van der Waals surface area (Å²) in [6.07, 6.45) is 1.50. The first kappa shape index (κ1) is 16.0. The number of phenols is 1. The van der Waals surface area contributed by atoms with Gasteiger partial charge in [0.05, 0.1) is 5.52 Å². The Balaban J connectivity index is 2.08. The Labute approximate surface area is 150 Å². The Morgan fingerprint density at radius 1 is 1.12 bits per heavy atom. The summed E-state index contributed by atoms with van der Waals surface area (Å²) in [6, 6.07) is 19.1. The van der Waals surface area contributed by atoms with Crippen molar-refractivity contribution in [2.45, 2.75) is 0 Å². The number of phenolic OH excluding ortho intramolecular Hbond substituents is 1. The number of carbonyl (C=O) groups is 1. The van der Waals surface area contributed by atoms with Crippen molar-refractivity contribution in [3.05, 3.63) is 78.9 Å². The molecule has 0 amide bonds. The SMILES string of the molecule is C=CCOC(=O)c1c(O)cc(-c2ccccc2)c2[nH]c3ccccc3c12. The highest BCUT2D eigenvalue weighted by atomic mass is 16.5. The van der Waals surface area contributed by atoms with E-state index in [1.165, 1.54) is 6.08 Å². The van der Waals surface area contributed by atoms with Gasteiger partial charge in [0.1, 0.15) is 17.9 Å². The van der Waals surface area contributed by atoms with E-state index in [9.17, 15) is 9.90 Å². The number of hydrogen-bond acceptors (Lipinski definition) is 3. The molecule has 0 saturated carbocycles. The third kappa shape index (κ3) is 2.52. The van der Waals surface area contributed by atoms with Crippen LogP contribution in [0.1, 0.15) is 10.4 Å². The summed E-state index contributed by atoms with van der Waals surface area (Å²) in [4.78, 5) is 16.0.